The third-order valence-corrected chi connectivity index (χ3v) is 4.89. The molecule has 0 aromatic rings. The molecule has 0 bridgehead atoms. The normalized spacial score (nSPS) is 23.4. The van der Waals surface area contributed by atoms with E-state index in [0.717, 1.165) is 25.6 Å². The smallest absolute Gasteiger partial charge is 0.223 e. The maximum absolute atomic E-state index is 11.9. The molecule has 3 nitrogen and oxygen atoms in total. The van der Waals surface area contributed by atoms with E-state index in [-0.39, 0.29) is 24.2 Å². The molecular formula is C12H23ClN2OS. The Morgan fingerprint density at radius 3 is 2.59 bits per heavy atom. The van der Waals surface area contributed by atoms with E-state index in [0.29, 0.717) is 5.92 Å². The summed E-state index contributed by atoms with van der Waals surface area (Å²) in [6.07, 6.45) is 2.54. The summed E-state index contributed by atoms with van der Waals surface area (Å²) in [5, 5.41) is 6.34. The van der Waals surface area contributed by atoms with E-state index in [1.165, 1.54) is 24.3 Å². The lowest BCUT2D eigenvalue weighted by Crippen LogP contribution is -2.50. The molecule has 2 fully saturated rings. The van der Waals surface area contributed by atoms with E-state index in [2.05, 4.69) is 17.6 Å². The van der Waals surface area contributed by atoms with E-state index in [9.17, 15) is 4.79 Å². The van der Waals surface area contributed by atoms with Crippen molar-refractivity contribution < 1.29 is 4.79 Å². The van der Waals surface area contributed by atoms with Crippen molar-refractivity contribution in [2.24, 2.45) is 17.8 Å². The van der Waals surface area contributed by atoms with Crippen LogP contribution >= 0.6 is 24.2 Å². The van der Waals surface area contributed by atoms with Gasteiger partial charge < -0.3 is 10.6 Å². The Morgan fingerprint density at radius 2 is 2.06 bits per heavy atom. The van der Waals surface area contributed by atoms with E-state index in [4.69, 9.17) is 0 Å². The minimum atomic E-state index is 0. The van der Waals surface area contributed by atoms with Crippen LogP contribution in [0.25, 0.3) is 0 Å². The molecule has 5 heteroatoms. The van der Waals surface area contributed by atoms with Crippen LogP contribution < -0.4 is 10.6 Å². The lowest BCUT2D eigenvalue weighted by atomic mass is 9.88. The Balaban J connectivity index is 0.00000144. The minimum Gasteiger partial charge on any atom is -0.356 e. The number of hydrogen-bond acceptors (Lipinski definition) is 3. The summed E-state index contributed by atoms with van der Waals surface area (Å²) in [6, 6.07) is 0. The number of halogens is 1. The molecule has 0 spiro atoms. The monoisotopic (exact) mass is 278 g/mol. The molecule has 2 N–H and O–H groups in total. The van der Waals surface area contributed by atoms with Crippen molar-refractivity contribution in [2.75, 3.05) is 31.1 Å². The zero-order valence-electron chi connectivity index (χ0n) is 10.4. The van der Waals surface area contributed by atoms with Gasteiger partial charge in [0.15, 0.2) is 0 Å². The van der Waals surface area contributed by atoms with Crippen molar-refractivity contribution in [1.82, 2.24) is 10.6 Å². The fourth-order valence-corrected chi connectivity index (χ4v) is 3.44. The Labute approximate surface area is 114 Å². The van der Waals surface area contributed by atoms with Gasteiger partial charge in [-0.3, -0.25) is 4.79 Å². The zero-order valence-corrected chi connectivity index (χ0v) is 12.0. The first-order valence-electron chi connectivity index (χ1n) is 6.33. The zero-order chi connectivity index (χ0) is 11.4. The van der Waals surface area contributed by atoms with Gasteiger partial charge in [0, 0.05) is 12.5 Å². The Morgan fingerprint density at radius 1 is 1.41 bits per heavy atom. The maximum Gasteiger partial charge on any atom is 0.223 e. The van der Waals surface area contributed by atoms with Crippen LogP contribution in [0.5, 0.6) is 0 Å². The van der Waals surface area contributed by atoms with Gasteiger partial charge in [0.25, 0.3) is 0 Å². The second-order valence-electron chi connectivity index (χ2n) is 5.01. The molecule has 0 aromatic heterocycles. The number of nitrogens with one attached hydrogen (secondary N) is 2. The van der Waals surface area contributed by atoms with Gasteiger partial charge in [-0.25, -0.2) is 0 Å². The SMILES string of the molecule is CC(C(=O)NCC1CCSCC1)C1CNC1.Cl. The molecule has 0 radical (unpaired) electrons. The standard InChI is InChI=1S/C12H22N2OS.ClH/c1-9(11-7-13-8-11)12(15)14-6-10-2-4-16-5-3-10;/h9-11,13H,2-8H2,1H3,(H,14,15);1H. The third-order valence-electron chi connectivity index (χ3n) is 3.84. The van der Waals surface area contributed by atoms with Gasteiger partial charge in [-0.05, 0) is 49.3 Å². The predicted octanol–water partition coefficient (Wildman–Crippen LogP) is 1.52. The molecule has 100 valence electrons. The first-order valence-corrected chi connectivity index (χ1v) is 7.49. The lowest BCUT2D eigenvalue weighted by Gasteiger charge is -2.32. The van der Waals surface area contributed by atoms with Crippen LogP contribution in [0.15, 0.2) is 0 Å². The molecule has 0 aliphatic carbocycles. The van der Waals surface area contributed by atoms with Crippen molar-refractivity contribution in [2.45, 2.75) is 19.8 Å². The first-order chi connectivity index (χ1) is 7.77. The first kappa shape index (κ1) is 15.1. The van der Waals surface area contributed by atoms with Gasteiger partial charge in [-0.15, -0.1) is 12.4 Å². The largest absolute Gasteiger partial charge is 0.356 e. The maximum atomic E-state index is 11.9. The van der Waals surface area contributed by atoms with Gasteiger partial charge in [-0.2, -0.15) is 11.8 Å². The number of hydrogen-bond donors (Lipinski definition) is 2. The second-order valence-corrected chi connectivity index (χ2v) is 6.23. The highest BCUT2D eigenvalue weighted by Crippen LogP contribution is 2.22. The topological polar surface area (TPSA) is 41.1 Å². The summed E-state index contributed by atoms with van der Waals surface area (Å²) in [5.74, 6) is 4.24. The average molecular weight is 279 g/mol. The number of rotatable bonds is 4. The van der Waals surface area contributed by atoms with Gasteiger partial charge in [0.1, 0.15) is 0 Å². The number of carbonyl (C=O) groups excluding carboxylic acids is 1. The highest BCUT2D eigenvalue weighted by Gasteiger charge is 2.28. The Kier molecular flexibility index (Phi) is 6.67. The highest BCUT2D eigenvalue weighted by atomic mass is 35.5. The quantitative estimate of drug-likeness (QED) is 0.819. The van der Waals surface area contributed by atoms with Gasteiger partial charge >= 0.3 is 0 Å². The summed E-state index contributed by atoms with van der Waals surface area (Å²) < 4.78 is 0. The average Bonchev–Trinajstić information content (AvgIpc) is 2.25. The molecule has 1 amide bonds. The van der Waals surface area contributed by atoms with Crippen molar-refractivity contribution in [1.29, 1.82) is 0 Å². The predicted molar refractivity (Wildman–Crippen MR) is 75.8 cm³/mol. The fourth-order valence-electron chi connectivity index (χ4n) is 2.24. The fraction of sp³-hybridized carbons (Fsp3) is 0.917. The number of carbonyl (C=O) groups is 1. The van der Waals surface area contributed by atoms with Crippen LogP contribution in [-0.4, -0.2) is 37.0 Å². The molecule has 17 heavy (non-hydrogen) atoms. The van der Waals surface area contributed by atoms with Crippen LogP contribution in [0.4, 0.5) is 0 Å². The summed E-state index contributed by atoms with van der Waals surface area (Å²) >= 11 is 2.04. The number of thioether (sulfide) groups is 1. The molecule has 0 aromatic carbocycles. The van der Waals surface area contributed by atoms with Crippen LogP contribution in [0.3, 0.4) is 0 Å². The molecule has 2 saturated heterocycles. The molecule has 1 atom stereocenters. The third kappa shape index (κ3) is 4.34. The Bertz CT molecular complexity index is 243. The van der Waals surface area contributed by atoms with E-state index in [1.54, 1.807) is 0 Å². The van der Waals surface area contributed by atoms with Crippen LogP contribution in [0, 0.1) is 17.8 Å². The number of amides is 1. The van der Waals surface area contributed by atoms with Crippen LogP contribution in [-0.2, 0) is 4.79 Å². The summed E-state index contributed by atoms with van der Waals surface area (Å²) in [4.78, 5) is 11.9. The molecule has 1 unspecified atom stereocenters. The van der Waals surface area contributed by atoms with Gasteiger partial charge in [0.05, 0.1) is 0 Å². The Hall–Kier alpha value is 0.0700. The van der Waals surface area contributed by atoms with Gasteiger partial charge in [0.2, 0.25) is 5.91 Å². The van der Waals surface area contributed by atoms with E-state index in [1.807, 2.05) is 11.8 Å². The molecule has 2 rings (SSSR count). The van der Waals surface area contributed by atoms with E-state index >= 15 is 0 Å². The summed E-state index contributed by atoms with van der Waals surface area (Å²) in [7, 11) is 0. The summed E-state index contributed by atoms with van der Waals surface area (Å²) in [6.45, 7) is 4.96. The molecule has 2 heterocycles. The molecule has 2 aliphatic heterocycles. The molecule has 2 aliphatic rings. The van der Waals surface area contributed by atoms with Gasteiger partial charge in [-0.1, -0.05) is 6.92 Å². The highest BCUT2D eigenvalue weighted by molar-refractivity contribution is 7.99. The molecule has 0 saturated carbocycles. The van der Waals surface area contributed by atoms with Crippen molar-refractivity contribution in [3.63, 3.8) is 0 Å². The summed E-state index contributed by atoms with van der Waals surface area (Å²) in [5.41, 5.74) is 0. The van der Waals surface area contributed by atoms with Crippen molar-refractivity contribution >= 4 is 30.1 Å². The second kappa shape index (κ2) is 7.49. The molecular weight excluding hydrogens is 256 g/mol. The van der Waals surface area contributed by atoms with Crippen molar-refractivity contribution in [3.8, 4) is 0 Å². The van der Waals surface area contributed by atoms with Crippen LogP contribution in [0.2, 0.25) is 0 Å². The minimum absolute atomic E-state index is 0. The lowest BCUT2D eigenvalue weighted by molar-refractivity contribution is -0.126. The van der Waals surface area contributed by atoms with Crippen molar-refractivity contribution in [3.05, 3.63) is 0 Å². The van der Waals surface area contributed by atoms with E-state index < -0.39 is 0 Å². The van der Waals surface area contributed by atoms with Crippen LogP contribution in [0.1, 0.15) is 19.8 Å².